The summed E-state index contributed by atoms with van der Waals surface area (Å²) in [6, 6.07) is 6.81. The van der Waals surface area contributed by atoms with E-state index in [2.05, 4.69) is 11.4 Å². The van der Waals surface area contributed by atoms with Crippen LogP contribution in [0.2, 0.25) is 0 Å². The lowest BCUT2D eigenvalue weighted by Crippen LogP contribution is -2.46. The minimum atomic E-state index is -3.31. The van der Waals surface area contributed by atoms with Crippen LogP contribution >= 0.6 is 0 Å². The standard InChI is InChI=1S/C18H23N3O4S/c1-26(23,24)21-8-3-2-4-14(21)11-18(22)20-16-7-9-25-17-10-13(12-19)5-6-15(16)17/h5-6,10,14,16H,2-4,7-9,11H2,1H3,(H,20,22). The molecule has 0 aliphatic carbocycles. The number of nitrogens with one attached hydrogen (secondary N) is 1. The highest BCUT2D eigenvalue weighted by molar-refractivity contribution is 7.88. The SMILES string of the molecule is CS(=O)(=O)N1CCCCC1CC(=O)NC1CCOc2cc(C#N)ccc21. The first-order chi connectivity index (χ1) is 12.4. The molecule has 2 heterocycles. The Balaban J connectivity index is 1.68. The van der Waals surface area contributed by atoms with E-state index in [-0.39, 0.29) is 24.4 Å². The third kappa shape index (κ3) is 4.17. The number of amides is 1. The molecule has 2 atom stereocenters. The zero-order valence-corrected chi connectivity index (χ0v) is 15.6. The van der Waals surface area contributed by atoms with Crippen molar-refractivity contribution in [3.05, 3.63) is 29.3 Å². The molecule has 1 fully saturated rings. The zero-order chi connectivity index (χ0) is 18.7. The van der Waals surface area contributed by atoms with Crippen molar-refractivity contribution >= 4 is 15.9 Å². The van der Waals surface area contributed by atoms with Gasteiger partial charge < -0.3 is 10.1 Å². The highest BCUT2D eigenvalue weighted by Crippen LogP contribution is 2.33. The normalized spacial score (nSPS) is 23.4. The topological polar surface area (TPSA) is 99.5 Å². The van der Waals surface area contributed by atoms with Crippen LogP contribution in [0.3, 0.4) is 0 Å². The third-order valence-electron chi connectivity index (χ3n) is 4.94. The quantitative estimate of drug-likeness (QED) is 0.861. The fourth-order valence-electron chi connectivity index (χ4n) is 3.69. The van der Waals surface area contributed by atoms with Crippen molar-refractivity contribution in [3.63, 3.8) is 0 Å². The van der Waals surface area contributed by atoms with Crippen molar-refractivity contribution in [1.29, 1.82) is 5.26 Å². The number of fused-ring (bicyclic) bond motifs is 1. The highest BCUT2D eigenvalue weighted by atomic mass is 32.2. The smallest absolute Gasteiger partial charge is 0.222 e. The number of nitrogens with zero attached hydrogens (tertiary/aromatic N) is 2. The first-order valence-corrected chi connectivity index (χ1v) is 10.7. The van der Waals surface area contributed by atoms with E-state index in [4.69, 9.17) is 10.00 Å². The van der Waals surface area contributed by atoms with Gasteiger partial charge in [0, 0.05) is 31.0 Å². The average molecular weight is 377 g/mol. The molecule has 1 aromatic rings. The van der Waals surface area contributed by atoms with E-state index in [0.29, 0.717) is 37.3 Å². The molecule has 0 spiro atoms. The van der Waals surface area contributed by atoms with Gasteiger partial charge in [-0.25, -0.2) is 8.42 Å². The van der Waals surface area contributed by atoms with Crippen LogP contribution in [0.4, 0.5) is 0 Å². The molecule has 0 saturated carbocycles. The van der Waals surface area contributed by atoms with E-state index in [9.17, 15) is 13.2 Å². The molecule has 8 heteroatoms. The minimum Gasteiger partial charge on any atom is -0.493 e. The van der Waals surface area contributed by atoms with Crippen LogP contribution in [0.1, 0.15) is 49.3 Å². The maximum absolute atomic E-state index is 12.6. The van der Waals surface area contributed by atoms with Gasteiger partial charge in [0.1, 0.15) is 5.75 Å². The van der Waals surface area contributed by atoms with E-state index in [1.807, 2.05) is 0 Å². The summed E-state index contributed by atoms with van der Waals surface area (Å²) in [4.78, 5) is 12.6. The summed E-state index contributed by atoms with van der Waals surface area (Å²) in [5, 5.41) is 12.0. The highest BCUT2D eigenvalue weighted by Gasteiger charge is 2.32. The Morgan fingerprint density at radius 3 is 2.92 bits per heavy atom. The number of piperidine rings is 1. The number of carbonyl (C=O) groups is 1. The van der Waals surface area contributed by atoms with Crippen LogP contribution in [0.5, 0.6) is 5.75 Å². The number of benzene rings is 1. The summed E-state index contributed by atoms with van der Waals surface area (Å²) in [5.41, 5.74) is 1.37. The van der Waals surface area contributed by atoms with Gasteiger partial charge >= 0.3 is 0 Å². The Kier molecular flexibility index (Phi) is 5.49. The van der Waals surface area contributed by atoms with Gasteiger partial charge in [-0.2, -0.15) is 9.57 Å². The van der Waals surface area contributed by atoms with Gasteiger partial charge in [-0.05, 0) is 25.0 Å². The van der Waals surface area contributed by atoms with Gasteiger partial charge in [-0.3, -0.25) is 4.79 Å². The fourth-order valence-corrected chi connectivity index (χ4v) is 4.87. The molecule has 3 rings (SSSR count). The van der Waals surface area contributed by atoms with E-state index < -0.39 is 10.0 Å². The Bertz CT molecular complexity index is 831. The molecule has 0 bridgehead atoms. The van der Waals surface area contributed by atoms with Gasteiger partial charge in [-0.1, -0.05) is 12.5 Å². The molecule has 1 amide bonds. The van der Waals surface area contributed by atoms with Crippen LogP contribution in [-0.2, 0) is 14.8 Å². The lowest BCUT2D eigenvalue weighted by Gasteiger charge is -2.34. The van der Waals surface area contributed by atoms with Gasteiger partial charge in [0.2, 0.25) is 15.9 Å². The van der Waals surface area contributed by atoms with E-state index in [0.717, 1.165) is 18.4 Å². The minimum absolute atomic E-state index is 0.159. The lowest BCUT2D eigenvalue weighted by molar-refractivity contribution is -0.123. The molecular weight excluding hydrogens is 354 g/mol. The molecule has 140 valence electrons. The number of sulfonamides is 1. The monoisotopic (exact) mass is 377 g/mol. The number of rotatable bonds is 4. The molecule has 26 heavy (non-hydrogen) atoms. The summed E-state index contributed by atoms with van der Waals surface area (Å²) in [7, 11) is -3.31. The second-order valence-electron chi connectivity index (χ2n) is 6.85. The zero-order valence-electron chi connectivity index (χ0n) is 14.8. The van der Waals surface area contributed by atoms with Crippen molar-refractivity contribution in [1.82, 2.24) is 9.62 Å². The Morgan fingerprint density at radius 1 is 1.38 bits per heavy atom. The number of nitriles is 1. The van der Waals surface area contributed by atoms with Crippen LogP contribution in [0.25, 0.3) is 0 Å². The lowest BCUT2D eigenvalue weighted by atomic mass is 9.97. The van der Waals surface area contributed by atoms with Gasteiger partial charge in [-0.15, -0.1) is 0 Å². The molecule has 1 N–H and O–H groups in total. The van der Waals surface area contributed by atoms with Crippen LogP contribution < -0.4 is 10.1 Å². The number of hydrogen-bond acceptors (Lipinski definition) is 5. The molecule has 0 radical (unpaired) electrons. The van der Waals surface area contributed by atoms with Crippen molar-refractivity contribution < 1.29 is 17.9 Å². The second kappa shape index (κ2) is 7.64. The summed E-state index contributed by atoms with van der Waals surface area (Å²) >= 11 is 0. The third-order valence-corrected chi connectivity index (χ3v) is 6.27. The maximum atomic E-state index is 12.6. The molecule has 7 nitrogen and oxygen atoms in total. The Hall–Kier alpha value is -2.11. The van der Waals surface area contributed by atoms with Crippen LogP contribution in [0.15, 0.2) is 18.2 Å². The summed E-state index contributed by atoms with van der Waals surface area (Å²) in [6.07, 6.45) is 4.48. The summed E-state index contributed by atoms with van der Waals surface area (Å²) < 4.78 is 30.9. The van der Waals surface area contributed by atoms with Gasteiger partial charge in [0.15, 0.2) is 0 Å². The second-order valence-corrected chi connectivity index (χ2v) is 8.78. The predicted molar refractivity (Wildman–Crippen MR) is 96.0 cm³/mol. The van der Waals surface area contributed by atoms with Crippen molar-refractivity contribution in [3.8, 4) is 11.8 Å². The number of carbonyl (C=O) groups excluding carboxylic acids is 1. The summed E-state index contributed by atoms with van der Waals surface area (Å²) in [6.45, 7) is 0.944. The largest absolute Gasteiger partial charge is 0.493 e. The molecule has 1 aromatic carbocycles. The summed E-state index contributed by atoms with van der Waals surface area (Å²) in [5.74, 6) is 0.462. The fraction of sp³-hybridized carbons (Fsp3) is 0.556. The molecule has 1 saturated heterocycles. The van der Waals surface area contributed by atoms with Crippen LogP contribution in [0, 0.1) is 11.3 Å². The number of ether oxygens (including phenoxy) is 1. The number of hydrogen-bond donors (Lipinski definition) is 1. The Morgan fingerprint density at radius 2 is 2.19 bits per heavy atom. The van der Waals surface area contributed by atoms with Gasteiger partial charge in [0.05, 0.1) is 30.5 Å². The first-order valence-electron chi connectivity index (χ1n) is 8.81. The van der Waals surface area contributed by atoms with Gasteiger partial charge in [0.25, 0.3) is 0 Å². The molecule has 2 unspecified atom stereocenters. The molecule has 2 aliphatic heterocycles. The van der Waals surface area contributed by atoms with E-state index >= 15 is 0 Å². The van der Waals surface area contributed by atoms with Crippen molar-refractivity contribution in [2.75, 3.05) is 19.4 Å². The first kappa shape index (κ1) is 18.7. The van der Waals surface area contributed by atoms with E-state index in [1.165, 1.54) is 10.6 Å². The van der Waals surface area contributed by atoms with Crippen molar-refractivity contribution in [2.24, 2.45) is 0 Å². The Labute approximate surface area is 154 Å². The molecule has 0 aromatic heterocycles. The van der Waals surface area contributed by atoms with Crippen LogP contribution in [-0.4, -0.2) is 44.1 Å². The maximum Gasteiger partial charge on any atom is 0.222 e. The van der Waals surface area contributed by atoms with E-state index in [1.54, 1.807) is 18.2 Å². The average Bonchev–Trinajstić information content (AvgIpc) is 2.61. The molecular formula is C18H23N3O4S. The van der Waals surface area contributed by atoms with Crippen molar-refractivity contribution in [2.45, 2.75) is 44.2 Å². The predicted octanol–water partition coefficient (Wildman–Crippen LogP) is 1.70. The molecule has 2 aliphatic rings.